The minimum atomic E-state index is -3.20. The number of carbonyl (C=O) groups excluding carboxylic acids is 1. The Kier molecular flexibility index (Phi) is 5.83. The molecule has 0 amide bonds. The number of sulfonamides is 1. The van der Waals surface area contributed by atoms with Crippen molar-refractivity contribution in [3.05, 3.63) is 17.5 Å². The first-order valence-electron chi connectivity index (χ1n) is 6.02. The molecule has 0 unspecified atom stereocenters. The van der Waals surface area contributed by atoms with Gasteiger partial charge in [-0.05, 0) is 13.8 Å². The molecular weight excluding hydrogens is 284 g/mol. The summed E-state index contributed by atoms with van der Waals surface area (Å²) in [6.07, 6.45) is 2.47. The first kappa shape index (κ1) is 16.3. The Morgan fingerprint density at radius 1 is 1.40 bits per heavy atom. The van der Waals surface area contributed by atoms with Gasteiger partial charge in [0.25, 0.3) is 0 Å². The predicted octanol–water partition coefficient (Wildman–Crippen LogP) is -0.0772. The highest BCUT2D eigenvalue weighted by Gasteiger charge is 2.12. The topological polar surface area (TPSA) is 110 Å². The zero-order valence-corrected chi connectivity index (χ0v) is 12.5. The SMILES string of the molecule is CCOC(=O)c1cnc(NCCNS(C)(=O)=O)nc1C. The predicted molar refractivity (Wildman–Crippen MR) is 74.1 cm³/mol. The number of carbonyl (C=O) groups is 1. The molecule has 0 aliphatic heterocycles. The second-order valence-electron chi connectivity index (χ2n) is 4.01. The van der Waals surface area contributed by atoms with Gasteiger partial charge >= 0.3 is 5.97 Å². The Hall–Kier alpha value is -1.74. The first-order valence-corrected chi connectivity index (χ1v) is 7.92. The highest BCUT2D eigenvalue weighted by atomic mass is 32.2. The number of anilines is 1. The molecule has 8 nitrogen and oxygen atoms in total. The minimum Gasteiger partial charge on any atom is -0.462 e. The molecule has 20 heavy (non-hydrogen) atoms. The molecule has 0 aliphatic carbocycles. The van der Waals surface area contributed by atoms with Crippen molar-refractivity contribution in [3.63, 3.8) is 0 Å². The van der Waals surface area contributed by atoms with Crippen LogP contribution >= 0.6 is 0 Å². The Bertz CT molecular complexity index is 574. The fourth-order valence-electron chi connectivity index (χ4n) is 1.37. The van der Waals surface area contributed by atoms with E-state index in [1.165, 1.54) is 6.20 Å². The van der Waals surface area contributed by atoms with Gasteiger partial charge in [0, 0.05) is 19.3 Å². The fraction of sp³-hybridized carbons (Fsp3) is 0.545. The molecule has 0 saturated carbocycles. The average Bonchev–Trinajstić information content (AvgIpc) is 2.34. The zero-order valence-electron chi connectivity index (χ0n) is 11.6. The van der Waals surface area contributed by atoms with Crippen LogP contribution in [0.3, 0.4) is 0 Å². The van der Waals surface area contributed by atoms with Crippen molar-refractivity contribution in [2.75, 3.05) is 31.3 Å². The quantitative estimate of drug-likeness (QED) is 0.535. The molecule has 0 spiro atoms. The van der Waals surface area contributed by atoms with E-state index in [1.807, 2.05) is 0 Å². The number of nitrogens with one attached hydrogen (secondary N) is 2. The third-order valence-electron chi connectivity index (χ3n) is 2.25. The van der Waals surface area contributed by atoms with E-state index < -0.39 is 16.0 Å². The van der Waals surface area contributed by atoms with Gasteiger partial charge in [-0.2, -0.15) is 0 Å². The maximum Gasteiger partial charge on any atom is 0.341 e. The lowest BCUT2D eigenvalue weighted by Crippen LogP contribution is -2.28. The third-order valence-corrected chi connectivity index (χ3v) is 2.98. The molecule has 9 heteroatoms. The van der Waals surface area contributed by atoms with Crippen molar-refractivity contribution < 1.29 is 17.9 Å². The Labute approximate surface area is 118 Å². The summed E-state index contributed by atoms with van der Waals surface area (Å²) in [7, 11) is -3.20. The van der Waals surface area contributed by atoms with E-state index in [1.54, 1.807) is 13.8 Å². The molecule has 0 radical (unpaired) electrons. The molecule has 1 aromatic heterocycles. The largest absolute Gasteiger partial charge is 0.462 e. The molecule has 0 aromatic carbocycles. The van der Waals surface area contributed by atoms with E-state index >= 15 is 0 Å². The second-order valence-corrected chi connectivity index (χ2v) is 5.84. The number of esters is 1. The van der Waals surface area contributed by atoms with Crippen molar-refractivity contribution in [1.29, 1.82) is 0 Å². The van der Waals surface area contributed by atoms with E-state index in [2.05, 4.69) is 20.0 Å². The minimum absolute atomic E-state index is 0.223. The smallest absolute Gasteiger partial charge is 0.341 e. The van der Waals surface area contributed by atoms with Gasteiger partial charge in [-0.25, -0.2) is 27.9 Å². The van der Waals surface area contributed by atoms with Gasteiger partial charge in [0.05, 0.1) is 24.1 Å². The first-order chi connectivity index (χ1) is 9.33. The molecule has 1 heterocycles. The lowest BCUT2D eigenvalue weighted by atomic mass is 10.2. The molecule has 1 rings (SSSR count). The Morgan fingerprint density at radius 3 is 2.65 bits per heavy atom. The van der Waals surface area contributed by atoms with E-state index in [0.717, 1.165) is 6.26 Å². The van der Waals surface area contributed by atoms with Crippen LogP contribution in [-0.4, -0.2) is 50.3 Å². The molecule has 0 bridgehead atoms. The molecule has 0 atom stereocenters. The summed E-state index contributed by atoms with van der Waals surface area (Å²) in [6.45, 7) is 4.24. The van der Waals surface area contributed by atoms with E-state index in [9.17, 15) is 13.2 Å². The van der Waals surface area contributed by atoms with Gasteiger partial charge in [0.15, 0.2) is 0 Å². The highest BCUT2D eigenvalue weighted by molar-refractivity contribution is 7.88. The van der Waals surface area contributed by atoms with Crippen LogP contribution in [0, 0.1) is 6.92 Å². The number of aromatic nitrogens is 2. The van der Waals surface area contributed by atoms with E-state index in [4.69, 9.17) is 4.74 Å². The number of hydrogen-bond donors (Lipinski definition) is 2. The number of hydrogen-bond acceptors (Lipinski definition) is 7. The summed E-state index contributed by atoms with van der Waals surface area (Å²) in [5.41, 5.74) is 0.809. The van der Waals surface area contributed by atoms with Crippen molar-refractivity contribution in [2.24, 2.45) is 0 Å². The second kappa shape index (κ2) is 7.15. The maximum absolute atomic E-state index is 11.5. The van der Waals surface area contributed by atoms with Crippen molar-refractivity contribution in [1.82, 2.24) is 14.7 Å². The highest BCUT2D eigenvalue weighted by Crippen LogP contribution is 2.08. The lowest BCUT2D eigenvalue weighted by Gasteiger charge is -2.08. The van der Waals surface area contributed by atoms with Crippen molar-refractivity contribution in [2.45, 2.75) is 13.8 Å². The molecule has 2 N–H and O–H groups in total. The van der Waals surface area contributed by atoms with Crippen LogP contribution in [-0.2, 0) is 14.8 Å². The van der Waals surface area contributed by atoms with Gasteiger partial charge in [0.2, 0.25) is 16.0 Å². The summed E-state index contributed by atoms with van der Waals surface area (Å²) in [6, 6.07) is 0. The summed E-state index contributed by atoms with van der Waals surface area (Å²) in [4.78, 5) is 19.6. The lowest BCUT2D eigenvalue weighted by molar-refractivity contribution is 0.0524. The van der Waals surface area contributed by atoms with Crippen LogP contribution in [0.1, 0.15) is 23.0 Å². The molecule has 0 aliphatic rings. The number of ether oxygens (including phenoxy) is 1. The van der Waals surface area contributed by atoms with Crippen LogP contribution in [0.2, 0.25) is 0 Å². The van der Waals surface area contributed by atoms with Crippen molar-refractivity contribution >= 4 is 21.9 Å². The fourth-order valence-corrected chi connectivity index (χ4v) is 1.85. The van der Waals surface area contributed by atoms with Gasteiger partial charge in [-0.1, -0.05) is 0 Å². The van der Waals surface area contributed by atoms with Crippen LogP contribution in [0.15, 0.2) is 6.20 Å². The Morgan fingerprint density at radius 2 is 2.10 bits per heavy atom. The van der Waals surface area contributed by atoms with Crippen LogP contribution in [0.5, 0.6) is 0 Å². The van der Waals surface area contributed by atoms with Crippen LogP contribution in [0.25, 0.3) is 0 Å². The molecule has 0 fully saturated rings. The third kappa shape index (κ3) is 5.49. The molecule has 1 aromatic rings. The average molecular weight is 302 g/mol. The standard InChI is InChI=1S/C11H18N4O4S/c1-4-19-10(16)9-7-13-11(15-8(9)2)12-5-6-14-20(3,17)18/h7,14H,4-6H2,1-3H3,(H,12,13,15). The van der Waals surface area contributed by atoms with Gasteiger partial charge < -0.3 is 10.1 Å². The number of aryl methyl sites for hydroxylation is 1. The van der Waals surface area contributed by atoms with Gasteiger partial charge in [0.1, 0.15) is 0 Å². The van der Waals surface area contributed by atoms with Gasteiger partial charge in [-0.15, -0.1) is 0 Å². The molecular formula is C11H18N4O4S. The summed E-state index contributed by atoms with van der Waals surface area (Å²) in [5, 5.41) is 2.85. The summed E-state index contributed by atoms with van der Waals surface area (Å²) in [5.74, 6) is -0.138. The van der Waals surface area contributed by atoms with Crippen LogP contribution in [0.4, 0.5) is 5.95 Å². The van der Waals surface area contributed by atoms with E-state index in [0.29, 0.717) is 23.8 Å². The summed E-state index contributed by atoms with van der Waals surface area (Å²) >= 11 is 0. The molecule has 0 saturated heterocycles. The van der Waals surface area contributed by atoms with Gasteiger partial charge in [-0.3, -0.25) is 0 Å². The maximum atomic E-state index is 11.5. The van der Waals surface area contributed by atoms with Crippen LogP contribution < -0.4 is 10.0 Å². The van der Waals surface area contributed by atoms with Crippen molar-refractivity contribution in [3.8, 4) is 0 Å². The monoisotopic (exact) mass is 302 g/mol. The normalized spacial score (nSPS) is 11.2. The number of rotatable bonds is 7. The van der Waals surface area contributed by atoms with E-state index in [-0.39, 0.29) is 13.2 Å². The molecule has 112 valence electrons. The zero-order chi connectivity index (χ0) is 15.2. The summed E-state index contributed by atoms with van der Waals surface area (Å²) < 4.78 is 28.9. The number of nitrogens with zero attached hydrogens (tertiary/aromatic N) is 2. The Balaban J connectivity index is 2.57.